The molecule has 1 aromatic carbocycles. The number of nitriles is 1. The lowest BCUT2D eigenvalue weighted by atomic mass is 10.1. The van der Waals surface area contributed by atoms with Gasteiger partial charge >= 0.3 is 5.97 Å². The van der Waals surface area contributed by atoms with Gasteiger partial charge in [0.15, 0.2) is 5.75 Å². The van der Waals surface area contributed by atoms with Crippen LogP contribution in [0.3, 0.4) is 0 Å². The number of aromatic carboxylic acids is 1. The van der Waals surface area contributed by atoms with Crippen LogP contribution in [0.1, 0.15) is 15.9 Å². The van der Waals surface area contributed by atoms with Crippen molar-refractivity contribution in [2.24, 2.45) is 0 Å². The van der Waals surface area contributed by atoms with Crippen LogP contribution in [0.5, 0.6) is 0 Å². The van der Waals surface area contributed by atoms with Crippen LogP contribution < -0.4 is 4.31 Å². The molecule has 1 heterocycles. The van der Waals surface area contributed by atoms with Gasteiger partial charge in [-0.2, -0.15) is 5.26 Å². The first-order valence-corrected chi connectivity index (χ1v) is 6.80. The summed E-state index contributed by atoms with van der Waals surface area (Å²) < 4.78 is 24.8. The highest BCUT2D eigenvalue weighted by Crippen LogP contribution is 2.31. The molecule has 0 unspecified atom stereocenters. The summed E-state index contributed by atoms with van der Waals surface area (Å²) in [4.78, 5) is 10.8. The first-order chi connectivity index (χ1) is 8.45. The maximum atomic E-state index is 11.8. The number of carboxylic acids is 1. The SMILES string of the molecule is N#CCS(=O)(=O)N1CCc2cc(C(=O)O)ccc21. The highest BCUT2D eigenvalue weighted by molar-refractivity contribution is 7.93. The van der Waals surface area contributed by atoms with Gasteiger partial charge in [-0.1, -0.05) is 0 Å². The molecular formula is C11H10N2O4S. The van der Waals surface area contributed by atoms with Crippen molar-refractivity contribution < 1.29 is 18.3 Å². The van der Waals surface area contributed by atoms with Crippen LogP contribution in [0.15, 0.2) is 18.2 Å². The predicted molar refractivity (Wildman–Crippen MR) is 63.9 cm³/mol. The maximum Gasteiger partial charge on any atom is 0.335 e. The molecule has 0 aliphatic carbocycles. The van der Waals surface area contributed by atoms with E-state index in [-0.39, 0.29) is 12.1 Å². The Balaban J connectivity index is 2.42. The number of sulfonamides is 1. The molecule has 0 saturated carbocycles. The van der Waals surface area contributed by atoms with Crippen LogP contribution in [0.2, 0.25) is 0 Å². The number of nitrogens with zero attached hydrogens (tertiary/aromatic N) is 2. The van der Waals surface area contributed by atoms with Gasteiger partial charge in [0.05, 0.1) is 17.3 Å². The minimum atomic E-state index is -3.63. The molecule has 0 radical (unpaired) electrons. The third kappa shape index (κ3) is 2.02. The molecule has 0 atom stereocenters. The topological polar surface area (TPSA) is 98.5 Å². The zero-order valence-corrected chi connectivity index (χ0v) is 10.1. The Morgan fingerprint density at radius 2 is 2.22 bits per heavy atom. The van der Waals surface area contributed by atoms with Crippen molar-refractivity contribution in [3.8, 4) is 6.07 Å². The van der Waals surface area contributed by atoms with E-state index in [9.17, 15) is 13.2 Å². The number of hydrogen-bond donors (Lipinski definition) is 1. The Morgan fingerprint density at radius 3 is 2.83 bits per heavy atom. The van der Waals surface area contributed by atoms with Crippen LogP contribution in [-0.4, -0.2) is 31.8 Å². The first-order valence-electron chi connectivity index (χ1n) is 5.19. The lowest BCUT2D eigenvalue weighted by Crippen LogP contribution is -2.30. The molecular weight excluding hydrogens is 256 g/mol. The number of hydrogen-bond acceptors (Lipinski definition) is 4. The standard InChI is InChI=1S/C11H10N2O4S/c12-4-6-18(16,17)13-5-3-8-7-9(11(14)15)1-2-10(8)13/h1-2,7H,3,5-6H2,(H,14,15). The van der Waals surface area contributed by atoms with E-state index in [0.29, 0.717) is 17.7 Å². The number of rotatable bonds is 3. The molecule has 0 fully saturated rings. The Hall–Kier alpha value is -2.07. The average Bonchev–Trinajstić information content (AvgIpc) is 2.71. The molecule has 0 spiro atoms. The van der Waals surface area contributed by atoms with E-state index < -0.39 is 21.7 Å². The molecule has 1 aliphatic heterocycles. The molecule has 0 amide bonds. The second-order valence-corrected chi connectivity index (χ2v) is 5.78. The summed E-state index contributed by atoms with van der Waals surface area (Å²) in [5.41, 5.74) is 1.28. The highest BCUT2D eigenvalue weighted by atomic mass is 32.2. The second-order valence-electron chi connectivity index (χ2n) is 3.89. The monoisotopic (exact) mass is 266 g/mol. The smallest absolute Gasteiger partial charge is 0.335 e. The molecule has 2 rings (SSSR count). The van der Waals surface area contributed by atoms with Crippen molar-refractivity contribution in [3.05, 3.63) is 29.3 Å². The zero-order valence-electron chi connectivity index (χ0n) is 9.33. The molecule has 7 heteroatoms. The molecule has 0 aromatic heterocycles. The van der Waals surface area contributed by atoms with Crippen molar-refractivity contribution in [1.82, 2.24) is 0 Å². The van der Waals surface area contributed by atoms with E-state index in [2.05, 4.69) is 0 Å². The Bertz CT molecular complexity index is 645. The number of carboxylic acid groups (broad SMARTS) is 1. The van der Waals surface area contributed by atoms with Gasteiger partial charge in [-0.05, 0) is 30.2 Å². The Labute approximate surface area is 104 Å². The fourth-order valence-corrected chi connectivity index (χ4v) is 3.12. The van der Waals surface area contributed by atoms with Crippen molar-refractivity contribution in [2.75, 3.05) is 16.6 Å². The van der Waals surface area contributed by atoms with Crippen LogP contribution in [0.4, 0.5) is 5.69 Å². The van der Waals surface area contributed by atoms with Gasteiger partial charge in [0.2, 0.25) is 10.0 Å². The Kier molecular flexibility index (Phi) is 2.97. The molecule has 6 nitrogen and oxygen atoms in total. The van der Waals surface area contributed by atoms with E-state index in [0.717, 1.165) is 4.31 Å². The van der Waals surface area contributed by atoms with E-state index >= 15 is 0 Å². The Morgan fingerprint density at radius 1 is 1.50 bits per heavy atom. The quantitative estimate of drug-likeness (QED) is 0.863. The third-order valence-corrected chi connectivity index (χ3v) is 4.31. The van der Waals surface area contributed by atoms with E-state index in [1.807, 2.05) is 0 Å². The normalized spacial score (nSPS) is 14.1. The molecule has 1 N–H and O–H groups in total. The highest BCUT2D eigenvalue weighted by Gasteiger charge is 2.29. The largest absolute Gasteiger partial charge is 0.478 e. The summed E-state index contributed by atoms with van der Waals surface area (Å²) >= 11 is 0. The van der Waals surface area contributed by atoms with Crippen LogP contribution in [-0.2, 0) is 16.4 Å². The number of anilines is 1. The summed E-state index contributed by atoms with van der Waals surface area (Å²) in [7, 11) is -3.63. The lowest BCUT2D eigenvalue weighted by Gasteiger charge is -2.17. The van der Waals surface area contributed by atoms with Gasteiger partial charge in [-0.15, -0.1) is 0 Å². The van der Waals surface area contributed by atoms with Crippen LogP contribution in [0, 0.1) is 11.3 Å². The summed E-state index contributed by atoms with van der Waals surface area (Å²) in [5, 5.41) is 17.3. The molecule has 1 aromatic rings. The third-order valence-electron chi connectivity index (χ3n) is 2.76. The zero-order chi connectivity index (χ0) is 13.3. The molecule has 94 valence electrons. The minimum Gasteiger partial charge on any atom is -0.478 e. The number of fused-ring (bicyclic) bond motifs is 1. The van der Waals surface area contributed by atoms with Crippen molar-refractivity contribution in [2.45, 2.75) is 6.42 Å². The molecule has 18 heavy (non-hydrogen) atoms. The second kappa shape index (κ2) is 4.31. The maximum absolute atomic E-state index is 11.8. The van der Waals surface area contributed by atoms with Crippen molar-refractivity contribution in [3.63, 3.8) is 0 Å². The van der Waals surface area contributed by atoms with Crippen LogP contribution in [0.25, 0.3) is 0 Å². The van der Waals surface area contributed by atoms with Gasteiger partial charge in [-0.25, -0.2) is 13.2 Å². The fourth-order valence-electron chi connectivity index (χ4n) is 1.95. The number of carbonyl (C=O) groups is 1. The fraction of sp³-hybridized carbons (Fsp3) is 0.273. The first kappa shape index (κ1) is 12.4. The summed E-state index contributed by atoms with van der Waals surface area (Å²) in [6.07, 6.45) is 0.459. The molecule has 0 saturated heterocycles. The van der Waals surface area contributed by atoms with Gasteiger partial charge < -0.3 is 5.11 Å². The van der Waals surface area contributed by atoms with E-state index in [1.54, 1.807) is 6.07 Å². The minimum absolute atomic E-state index is 0.133. The summed E-state index contributed by atoms with van der Waals surface area (Å²) in [6.45, 7) is 0.252. The average molecular weight is 266 g/mol. The van der Waals surface area contributed by atoms with Gasteiger partial charge in [0.25, 0.3) is 0 Å². The summed E-state index contributed by atoms with van der Waals surface area (Å²) in [5.74, 6) is -1.62. The van der Waals surface area contributed by atoms with E-state index in [1.165, 1.54) is 18.2 Å². The lowest BCUT2D eigenvalue weighted by molar-refractivity contribution is 0.0697. The van der Waals surface area contributed by atoms with Gasteiger partial charge in [0, 0.05) is 6.54 Å². The van der Waals surface area contributed by atoms with Crippen molar-refractivity contribution in [1.29, 1.82) is 5.26 Å². The molecule has 0 bridgehead atoms. The molecule has 1 aliphatic rings. The van der Waals surface area contributed by atoms with Gasteiger partial charge in [0.1, 0.15) is 0 Å². The van der Waals surface area contributed by atoms with Crippen LogP contribution >= 0.6 is 0 Å². The summed E-state index contributed by atoms with van der Waals surface area (Å²) in [6, 6.07) is 5.93. The van der Waals surface area contributed by atoms with Gasteiger partial charge in [-0.3, -0.25) is 4.31 Å². The van der Waals surface area contributed by atoms with E-state index in [4.69, 9.17) is 10.4 Å². The predicted octanol–water partition coefficient (Wildman–Crippen LogP) is 0.601. The van der Waals surface area contributed by atoms with Crippen molar-refractivity contribution >= 4 is 21.7 Å². The number of benzene rings is 1.